The first-order valence-electron chi connectivity index (χ1n) is 7.48. The first-order chi connectivity index (χ1) is 9.70. The monoisotopic (exact) mass is 405 g/mol. The van der Waals surface area contributed by atoms with E-state index in [0.717, 1.165) is 31.6 Å². The number of guanidine groups is 1. The van der Waals surface area contributed by atoms with Gasteiger partial charge in [-0.2, -0.15) is 0 Å². The van der Waals surface area contributed by atoms with E-state index in [2.05, 4.69) is 51.5 Å². The summed E-state index contributed by atoms with van der Waals surface area (Å²) < 4.78 is 2.16. The molecule has 0 radical (unpaired) electrons. The van der Waals surface area contributed by atoms with E-state index in [1.54, 1.807) is 0 Å². The summed E-state index contributed by atoms with van der Waals surface area (Å²) in [6.07, 6.45) is 6.85. The molecule has 1 fully saturated rings. The maximum atomic E-state index is 4.27. The lowest BCUT2D eigenvalue weighted by molar-refractivity contribution is 0.247. The highest BCUT2D eigenvalue weighted by Gasteiger charge is 2.28. The van der Waals surface area contributed by atoms with Crippen molar-refractivity contribution in [2.45, 2.75) is 38.4 Å². The minimum atomic E-state index is 0. The smallest absolute Gasteiger partial charge is 0.191 e. The molecule has 2 N–H and O–H groups in total. The van der Waals surface area contributed by atoms with Gasteiger partial charge in [0, 0.05) is 51.2 Å². The molecule has 1 aromatic rings. The number of likely N-dealkylation sites (N-methyl/N-ethyl adjacent to an activating group) is 1. The first-order valence-corrected chi connectivity index (χ1v) is 7.48. The van der Waals surface area contributed by atoms with Gasteiger partial charge >= 0.3 is 0 Å². The van der Waals surface area contributed by atoms with Crippen molar-refractivity contribution in [3.8, 4) is 0 Å². The molecule has 120 valence electrons. The highest BCUT2D eigenvalue weighted by Crippen LogP contribution is 2.26. The van der Waals surface area contributed by atoms with Gasteiger partial charge in [-0.05, 0) is 38.9 Å². The van der Waals surface area contributed by atoms with Crippen LogP contribution in [0.25, 0.3) is 0 Å². The van der Waals surface area contributed by atoms with E-state index in [0.29, 0.717) is 6.04 Å². The molecular formula is C15H28IN5. The predicted octanol–water partition coefficient (Wildman–Crippen LogP) is 1.75. The summed E-state index contributed by atoms with van der Waals surface area (Å²) in [6, 6.07) is 5.42. The second-order valence-electron chi connectivity index (χ2n) is 5.55. The van der Waals surface area contributed by atoms with Crippen molar-refractivity contribution >= 4 is 29.9 Å². The average molecular weight is 405 g/mol. The molecule has 0 spiro atoms. The van der Waals surface area contributed by atoms with Gasteiger partial charge in [-0.1, -0.05) is 0 Å². The predicted molar refractivity (Wildman–Crippen MR) is 99.5 cm³/mol. The molecular weight excluding hydrogens is 377 g/mol. The highest BCUT2D eigenvalue weighted by molar-refractivity contribution is 14.0. The van der Waals surface area contributed by atoms with Crippen LogP contribution in [0.3, 0.4) is 0 Å². The normalized spacial score (nSPS) is 16.5. The number of nitrogens with one attached hydrogen (secondary N) is 2. The molecule has 1 saturated carbocycles. The molecule has 1 heterocycles. The summed E-state index contributed by atoms with van der Waals surface area (Å²) in [4.78, 5) is 6.72. The Kier molecular flexibility index (Phi) is 8.10. The molecule has 0 amide bonds. The van der Waals surface area contributed by atoms with E-state index >= 15 is 0 Å². The van der Waals surface area contributed by atoms with Crippen molar-refractivity contribution in [3.05, 3.63) is 24.5 Å². The van der Waals surface area contributed by atoms with Crippen molar-refractivity contribution in [2.24, 2.45) is 4.99 Å². The summed E-state index contributed by atoms with van der Waals surface area (Å²) in [5.41, 5.74) is 0. The molecule has 5 nitrogen and oxygen atoms in total. The van der Waals surface area contributed by atoms with E-state index in [9.17, 15) is 0 Å². The third-order valence-corrected chi connectivity index (χ3v) is 3.94. The zero-order valence-electron chi connectivity index (χ0n) is 13.2. The molecule has 0 bridgehead atoms. The van der Waals surface area contributed by atoms with Gasteiger partial charge in [-0.15, -0.1) is 24.0 Å². The molecule has 21 heavy (non-hydrogen) atoms. The summed E-state index contributed by atoms with van der Waals surface area (Å²) >= 11 is 0. The molecule has 6 heteroatoms. The van der Waals surface area contributed by atoms with Crippen LogP contribution in [0.5, 0.6) is 0 Å². The van der Waals surface area contributed by atoms with Crippen LogP contribution in [0.1, 0.15) is 19.8 Å². The Morgan fingerprint density at radius 3 is 2.57 bits per heavy atom. The summed E-state index contributed by atoms with van der Waals surface area (Å²) in [6.45, 7) is 5.01. The molecule has 2 rings (SSSR count). The van der Waals surface area contributed by atoms with Gasteiger partial charge in [-0.25, -0.2) is 0 Å². The Bertz CT molecular complexity index is 414. The van der Waals surface area contributed by atoms with Crippen LogP contribution >= 0.6 is 24.0 Å². The van der Waals surface area contributed by atoms with Crippen molar-refractivity contribution in [3.63, 3.8) is 0 Å². The van der Waals surface area contributed by atoms with E-state index < -0.39 is 0 Å². The average Bonchev–Trinajstić information content (AvgIpc) is 3.18. The van der Waals surface area contributed by atoms with Crippen molar-refractivity contribution < 1.29 is 0 Å². The van der Waals surface area contributed by atoms with Gasteiger partial charge in [0.25, 0.3) is 0 Å². The maximum Gasteiger partial charge on any atom is 0.191 e. The van der Waals surface area contributed by atoms with Crippen LogP contribution in [0.2, 0.25) is 0 Å². The molecule has 0 aromatic carbocycles. The maximum absolute atomic E-state index is 4.27. The largest absolute Gasteiger partial charge is 0.355 e. The van der Waals surface area contributed by atoms with Crippen molar-refractivity contribution in [1.29, 1.82) is 0 Å². The Morgan fingerprint density at radius 2 is 2.00 bits per heavy atom. The molecule has 1 aromatic heterocycles. The number of aromatic nitrogens is 1. The van der Waals surface area contributed by atoms with Crippen LogP contribution in [0.15, 0.2) is 29.5 Å². The van der Waals surface area contributed by atoms with Crippen molar-refractivity contribution in [2.75, 3.05) is 27.2 Å². The Morgan fingerprint density at radius 1 is 1.33 bits per heavy atom. The SMILES string of the molecule is CN=C(NCCn1cccc1)NCC(C)N(C)C1CC1.I. The summed E-state index contributed by atoms with van der Waals surface area (Å²) in [5.74, 6) is 0.883. The van der Waals surface area contributed by atoms with Gasteiger partial charge < -0.3 is 15.2 Å². The fraction of sp³-hybridized carbons (Fsp3) is 0.667. The molecule has 1 aliphatic carbocycles. The van der Waals surface area contributed by atoms with Crippen LogP contribution < -0.4 is 10.6 Å². The minimum absolute atomic E-state index is 0. The second-order valence-corrected chi connectivity index (χ2v) is 5.55. The third kappa shape index (κ3) is 6.25. The zero-order valence-corrected chi connectivity index (χ0v) is 15.6. The van der Waals surface area contributed by atoms with Crippen LogP contribution in [-0.2, 0) is 6.54 Å². The number of rotatable bonds is 7. The lowest BCUT2D eigenvalue weighted by Gasteiger charge is -2.25. The first kappa shape index (κ1) is 18.3. The standard InChI is InChI=1S/C15H27N5.HI/c1-13(19(3)14-6-7-14)12-18-15(16-2)17-8-11-20-9-4-5-10-20;/h4-5,9-10,13-14H,6-8,11-12H2,1-3H3,(H2,16,17,18);1H. The highest BCUT2D eigenvalue weighted by atomic mass is 127. The number of hydrogen-bond acceptors (Lipinski definition) is 2. The number of nitrogens with zero attached hydrogens (tertiary/aromatic N) is 3. The van der Waals surface area contributed by atoms with E-state index in [4.69, 9.17) is 0 Å². The molecule has 0 aliphatic heterocycles. The molecule has 1 atom stereocenters. The fourth-order valence-electron chi connectivity index (χ4n) is 2.27. The minimum Gasteiger partial charge on any atom is -0.355 e. The van der Waals surface area contributed by atoms with Crippen LogP contribution in [-0.4, -0.2) is 54.7 Å². The lowest BCUT2D eigenvalue weighted by Crippen LogP contribution is -2.46. The van der Waals surface area contributed by atoms with Gasteiger partial charge in [0.15, 0.2) is 5.96 Å². The molecule has 0 saturated heterocycles. The number of hydrogen-bond donors (Lipinski definition) is 2. The van der Waals surface area contributed by atoms with Crippen LogP contribution in [0.4, 0.5) is 0 Å². The quantitative estimate of drug-likeness (QED) is 0.413. The van der Waals surface area contributed by atoms with Crippen LogP contribution in [0, 0.1) is 0 Å². The van der Waals surface area contributed by atoms with Gasteiger partial charge in [0.2, 0.25) is 0 Å². The van der Waals surface area contributed by atoms with Gasteiger partial charge in [0.1, 0.15) is 0 Å². The van der Waals surface area contributed by atoms with Gasteiger partial charge in [-0.3, -0.25) is 9.89 Å². The van der Waals surface area contributed by atoms with Crippen molar-refractivity contribution in [1.82, 2.24) is 20.1 Å². The second kappa shape index (κ2) is 9.30. The number of halogens is 1. The number of aliphatic imine (C=N–C) groups is 1. The fourth-order valence-corrected chi connectivity index (χ4v) is 2.27. The van der Waals surface area contributed by atoms with E-state index in [1.807, 2.05) is 19.2 Å². The zero-order chi connectivity index (χ0) is 14.4. The van der Waals surface area contributed by atoms with E-state index in [-0.39, 0.29) is 24.0 Å². The van der Waals surface area contributed by atoms with E-state index in [1.165, 1.54) is 12.8 Å². The molecule has 1 unspecified atom stereocenters. The summed E-state index contributed by atoms with van der Waals surface area (Å²) in [7, 11) is 4.03. The summed E-state index contributed by atoms with van der Waals surface area (Å²) in [5, 5.41) is 6.75. The Labute approximate surface area is 145 Å². The topological polar surface area (TPSA) is 44.6 Å². The molecule has 1 aliphatic rings. The lowest BCUT2D eigenvalue weighted by atomic mass is 10.3. The van der Waals surface area contributed by atoms with Gasteiger partial charge in [0.05, 0.1) is 0 Å². The third-order valence-electron chi connectivity index (χ3n) is 3.94. The Hall–Kier alpha value is -0.760. The Balaban J connectivity index is 0.00000220.